The second-order valence-electron chi connectivity index (χ2n) is 6.32. The molecule has 0 rings (SSSR count). The minimum atomic E-state index is 0.280. The molecule has 0 saturated carbocycles. The fourth-order valence-corrected chi connectivity index (χ4v) is 2.50. The summed E-state index contributed by atoms with van der Waals surface area (Å²) < 4.78 is 0. The molecule has 0 aliphatic carbocycles. The summed E-state index contributed by atoms with van der Waals surface area (Å²) >= 11 is 0. The Hall–Kier alpha value is -0.570. The highest BCUT2D eigenvalue weighted by Crippen LogP contribution is 2.17. The van der Waals surface area contributed by atoms with Crippen molar-refractivity contribution in [1.82, 2.24) is 4.90 Å². The molecule has 0 bridgehead atoms. The molecular weight excluding hydrogens is 236 g/mol. The number of hydrogen-bond acceptors (Lipinski definition) is 2. The van der Waals surface area contributed by atoms with E-state index in [0.717, 1.165) is 19.4 Å². The van der Waals surface area contributed by atoms with Crippen LogP contribution in [0.15, 0.2) is 0 Å². The van der Waals surface area contributed by atoms with Crippen molar-refractivity contribution >= 4 is 5.91 Å². The average molecular weight is 270 g/mol. The highest BCUT2D eigenvalue weighted by Gasteiger charge is 2.20. The number of carbonyl (C=O) groups excluding carboxylic acids is 1. The van der Waals surface area contributed by atoms with Crippen LogP contribution in [0.1, 0.15) is 66.7 Å². The third-order valence-electron chi connectivity index (χ3n) is 3.55. The van der Waals surface area contributed by atoms with E-state index in [1.165, 1.54) is 12.8 Å². The fraction of sp³-hybridized carbons (Fsp3) is 0.938. The van der Waals surface area contributed by atoms with Gasteiger partial charge in [0, 0.05) is 19.0 Å². The normalized spacial score (nSPS) is 13.1. The largest absolute Gasteiger partial charge is 0.340 e. The summed E-state index contributed by atoms with van der Waals surface area (Å²) in [6, 6.07) is 0.293. The maximum Gasteiger partial charge on any atom is 0.223 e. The maximum atomic E-state index is 12.4. The average Bonchev–Trinajstić information content (AvgIpc) is 2.32. The molecule has 1 amide bonds. The first-order chi connectivity index (χ1) is 8.92. The zero-order valence-electron chi connectivity index (χ0n) is 13.6. The molecule has 0 aromatic carbocycles. The zero-order valence-corrected chi connectivity index (χ0v) is 13.6. The summed E-state index contributed by atoms with van der Waals surface area (Å²) in [4.78, 5) is 14.4. The Morgan fingerprint density at radius 1 is 1.16 bits per heavy atom. The molecule has 0 spiro atoms. The van der Waals surface area contributed by atoms with E-state index in [1.54, 1.807) is 0 Å². The van der Waals surface area contributed by atoms with E-state index in [9.17, 15) is 4.79 Å². The summed E-state index contributed by atoms with van der Waals surface area (Å²) in [5.41, 5.74) is 5.80. The molecule has 0 aliphatic rings. The molecule has 0 aromatic rings. The van der Waals surface area contributed by atoms with E-state index in [-0.39, 0.29) is 5.91 Å². The van der Waals surface area contributed by atoms with Gasteiger partial charge in [-0.2, -0.15) is 0 Å². The van der Waals surface area contributed by atoms with Crippen molar-refractivity contribution in [1.29, 1.82) is 0 Å². The lowest BCUT2D eigenvalue weighted by Gasteiger charge is -2.29. The molecule has 1 atom stereocenters. The fourth-order valence-electron chi connectivity index (χ4n) is 2.50. The van der Waals surface area contributed by atoms with Crippen LogP contribution in [-0.4, -0.2) is 29.9 Å². The Labute approximate surface area is 119 Å². The SMILES string of the molecule is CCCCCN(C(=O)CC(CN)CC(C)C)C(C)C. The van der Waals surface area contributed by atoms with Crippen LogP contribution in [0.3, 0.4) is 0 Å². The molecule has 3 nitrogen and oxygen atoms in total. The van der Waals surface area contributed by atoms with E-state index in [1.807, 2.05) is 4.90 Å². The number of nitrogens with two attached hydrogens (primary N) is 1. The molecule has 0 aliphatic heterocycles. The summed E-state index contributed by atoms with van der Waals surface area (Å²) in [5, 5.41) is 0. The van der Waals surface area contributed by atoms with Crippen LogP contribution in [-0.2, 0) is 4.79 Å². The summed E-state index contributed by atoms with van der Waals surface area (Å²) in [5.74, 6) is 1.22. The minimum absolute atomic E-state index is 0.280. The van der Waals surface area contributed by atoms with Crippen molar-refractivity contribution in [3.8, 4) is 0 Å². The zero-order chi connectivity index (χ0) is 14.8. The van der Waals surface area contributed by atoms with Crippen molar-refractivity contribution in [2.45, 2.75) is 72.8 Å². The van der Waals surface area contributed by atoms with Gasteiger partial charge in [0.2, 0.25) is 5.91 Å². The number of hydrogen-bond donors (Lipinski definition) is 1. The third kappa shape index (κ3) is 8.25. The van der Waals surface area contributed by atoms with Gasteiger partial charge >= 0.3 is 0 Å². The number of nitrogens with zero attached hydrogens (tertiary/aromatic N) is 1. The molecule has 0 aromatic heterocycles. The predicted molar refractivity (Wildman–Crippen MR) is 83.0 cm³/mol. The van der Waals surface area contributed by atoms with Crippen LogP contribution in [0.2, 0.25) is 0 Å². The number of unbranched alkanes of at least 4 members (excludes halogenated alkanes) is 2. The van der Waals surface area contributed by atoms with Crippen LogP contribution in [0.25, 0.3) is 0 Å². The molecule has 19 heavy (non-hydrogen) atoms. The molecular formula is C16H34N2O. The Balaban J connectivity index is 4.36. The summed E-state index contributed by atoms with van der Waals surface area (Å²) in [7, 11) is 0. The lowest BCUT2D eigenvalue weighted by molar-refractivity contribution is -0.134. The molecule has 0 heterocycles. The lowest BCUT2D eigenvalue weighted by atomic mass is 9.93. The molecule has 114 valence electrons. The number of carbonyl (C=O) groups is 1. The lowest BCUT2D eigenvalue weighted by Crippen LogP contribution is -2.39. The van der Waals surface area contributed by atoms with E-state index in [4.69, 9.17) is 5.73 Å². The predicted octanol–water partition coefficient (Wildman–Crippen LogP) is 3.42. The molecule has 2 N–H and O–H groups in total. The van der Waals surface area contributed by atoms with Gasteiger partial charge in [0.15, 0.2) is 0 Å². The first kappa shape index (κ1) is 18.4. The van der Waals surface area contributed by atoms with Crippen molar-refractivity contribution < 1.29 is 4.79 Å². The molecule has 0 saturated heterocycles. The number of amides is 1. The smallest absolute Gasteiger partial charge is 0.223 e. The van der Waals surface area contributed by atoms with Crippen molar-refractivity contribution in [3.05, 3.63) is 0 Å². The first-order valence-electron chi connectivity index (χ1n) is 7.91. The minimum Gasteiger partial charge on any atom is -0.340 e. The van der Waals surface area contributed by atoms with Crippen molar-refractivity contribution in [2.75, 3.05) is 13.1 Å². The Bertz CT molecular complexity index is 239. The van der Waals surface area contributed by atoms with E-state index < -0.39 is 0 Å². The van der Waals surface area contributed by atoms with Crippen LogP contribution >= 0.6 is 0 Å². The number of rotatable bonds is 10. The molecule has 0 fully saturated rings. The van der Waals surface area contributed by atoms with Gasteiger partial charge in [0.05, 0.1) is 0 Å². The van der Waals surface area contributed by atoms with Crippen LogP contribution in [0.4, 0.5) is 0 Å². The van der Waals surface area contributed by atoms with Gasteiger partial charge in [-0.3, -0.25) is 4.79 Å². The van der Waals surface area contributed by atoms with E-state index in [0.29, 0.717) is 30.8 Å². The van der Waals surface area contributed by atoms with Gasteiger partial charge in [-0.15, -0.1) is 0 Å². The standard InChI is InChI=1S/C16H34N2O/c1-6-7-8-9-18(14(4)5)16(19)11-15(12-17)10-13(2)3/h13-15H,6-12,17H2,1-5H3. The Morgan fingerprint density at radius 3 is 2.21 bits per heavy atom. The van der Waals surface area contributed by atoms with Gasteiger partial charge in [-0.05, 0) is 45.1 Å². The Morgan fingerprint density at radius 2 is 1.79 bits per heavy atom. The van der Waals surface area contributed by atoms with Gasteiger partial charge in [-0.25, -0.2) is 0 Å². The first-order valence-corrected chi connectivity index (χ1v) is 7.91. The topological polar surface area (TPSA) is 46.3 Å². The van der Waals surface area contributed by atoms with E-state index in [2.05, 4.69) is 34.6 Å². The van der Waals surface area contributed by atoms with Crippen molar-refractivity contribution in [2.24, 2.45) is 17.6 Å². The quantitative estimate of drug-likeness (QED) is 0.618. The van der Waals surface area contributed by atoms with Crippen LogP contribution < -0.4 is 5.73 Å². The molecule has 1 unspecified atom stereocenters. The highest BCUT2D eigenvalue weighted by molar-refractivity contribution is 5.76. The highest BCUT2D eigenvalue weighted by atomic mass is 16.2. The molecule has 3 heteroatoms. The second kappa shape index (κ2) is 10.2. The van der Waals surface area contributed by atoms with Crippen molar-refractivity contribution in [3.63, 3.8) is 0 Å². The monoisotopic (exact) mass is 270 g/mol. The van der Waals surface area contributed by atoms with Crippen LogP contribution in [0.5, 0.6) is 0 Å². The Kier molecular flexibility index (Phi) is 9.94. The van der Waals surface area contributed by atoms with Gasteiger partial charge in [0.1, 0.15) is 0 Å². The van der Waals surface area contributed by atoms with Gasteiger partial charge in [-0.1, -0.05) is 33.6 Å². The van der Waals surface area contributed by atoms with Gasteiger partial charge < -0.3 is 10.6 Å². The van der Waals surface area contributed by atoms with Crippen LogP contribution in [0, 0.1) is 11.8 Å². The van der Waals surface area contributed by atoms with E-state index >= 15 is 0 Å². The summed E-state index contributed by atoms with van der Waals surface area (Å²) in [6.45, 7) is 12.3. The maximum absolute atomic E-state index is 12.4. The summed E-state index contributed by atoms with van der Waals surface area (Å²) in [6.07, 6.45) is 5.15. The van der Waals surface area contributed by atoms with Gasteiger partial charge in [0.25, 0.3) is 0 Å². The third-order valence-corrected chi connectivity index (χ3v) is 3.55. The molecule has 0 radical (unpaired) electrons. The second-order valence-corrected chi connectivity index (χ2v) is 6.32.